The number of nitriles is 1. The average molecular weight is 325 g/mol. The first-order valence-corrected chi connectivity index (χ1v) is 8.84. The van der Waals surface area contributed by atoms with Gasteiger partial charge < -0.3 is 0 Å². The molecule has 0 saturated heterocycles. The second-order valence-electron chi connectivity index (χ2n) is 7.30. The smallest absolute Gasteiger partial charge is 0.0931 e. The Kier molecular flexibility index (Phi) is 5.35. The van der Waals surface area contributed by atoms with E-state index in [4.69, 9.17) is 11.6 Å². The molecule has 1 aliphatic carbocycles. The highest BCUT2D eigenvalue weighted by Gasteiger charge is 2.37. The fourth-order valence-electron chi connectivity index (χ4n) is 3.37. The maximum Gasteiger partial charge on any atom is 0.0931 e. The minimum absolute atomic E-state index is 0.157. The van der Waals surface area contributed by atoms with Gasteiger partial charge in [-0.3, -0.25) is 4.90 Å². The molecule has 4 heteroatoms. The molecule has 116 valence electrons. The van der Waals surface area contributed by atoms with Gasteiger partial charge in [-0.1, -0.05) is 32.4 Å². The molecule has 0 bridgehead atoms. The van der Waals surface area contributed by atoms with E-state index in [1.54, 1.807) is 11.3 Å². The van der Waals surface area contributed by atoms with E-state index in [1.165, 1.54) is 11.3 Å². The minimum Gasteiger partial charge on any atom is -0.297 e. The van der Waals surface area contributed by atoms with Crippen molar-refractivity contribution in [2.45, 2.75) is 52.6 Å². The summed E-state index contributed by atoms with van der Waals surface area (Å²) in [5.41, 5.74) is 0.325. The number of thiophene rings is 1. The lowest BCUT2D eigenvalue weighted by Gasteiger charge is -2.43. The second-order valence-corrected chi connectivity index (χ2v) is 9.10. The van der Waals surface area contributed by atoms with Crippen LogP contribution in [0.3, 0.4) is 0 Å². The zero-order valence-electron chi connectivity index (χ0n) is 13.4. The fourth-order valence-corrected chi connectivity index (χ4v) is 4.52. The fraction of sp³-hybridized carbons (Fsp3) is 0.706. The van der Waals surface area contributed by atoms with Gasteiger partial charge in [0.1, 0.15) is 0 Å². The lowest BCUT2D eigenvalue weighted by Crippen LogP contribution is -2.43. The van der Waals surface area contributed by atoms with Crippen molar-refractivity contribution in [2.24, 2.45) is 17.3 Å². The van der Waals surface area contributed by atoms with Crippen LogP contribution in [-0.2, 0) is 6.54 Å². The van der Waals surface area contributed by atoms with Gasteiger partial charge in [0, 0.05) is 17.5 Å². The van der Waals surface area contributed by atoms with Gasteiger partial charge in [-0.2, -0.15) is 5.26 Å². The van der Waals surface area contributed by atoms with E-state index < -0.39 is 0 Å². The quantitative estimate of drug-likeness (QED) is 0.765. The van der Waals surface area contributed by atoms with Gasteiger partial charge in [0.25, 0.3) is 0 Å². The van der Waals surface area contributed by atoms with Crippen LogP contribution in [0.5, 0.6) is 0 Å². The molecule has 1 heterocycles. The Morgan fingerprint density at radius 2 is 2.10 bits per heavy atom. The number of hydrogen-bond donors (Lipinski definition) is 0. The molecule has 0 amide bonds. The predicted molar refractivity (Wildman–Crippen MR) is 90.5 cm³/mol. The molecule has 1 saturated carbocycles. The van der Waals surface area contributed by atoms with Gasteiger partial charge >= 0.3 is 0 Å². The first-order chi connectivity index (χ1) is 9.81. The highest BCUT2D eigenvalue weighted by Crippen LogP contribution is 2.41. The maximum atomic E-state index is 9.47. The van der Waals surface area contributed by atoms with E-state index in [-0.39, 0.29) is 5.92 Å². The van der Waals surface area contributed by atoms with Crippen molar-refractivity contribution in [3.8, 4) is 6.07 Å². The molecule has 21 heavy (non-hydrogen) atoms. The summed E-state index contributed by atoms with van der Waals surface area (Å²) in [4.78, 5) is 3.63. The lowest BCUT2D eigenvalue weighted by molar-refractivity contribution is 0.0719. The van der Waals surface area contributed by atoms with E-state index in [2.05, 4.69) is 44.9 Å². The number of halogens is 1. The van der Waals surface area contributed by atoms with Gasteiger partial charge in [-0.25, -0.2) is 0 Å². The van der Waals surface area contributed by atoms with Crippen LogP contribution in [0.15, 0.2) is 12.1 Å². The Hall–Kier alpha value is -0.560. The minimum atomic E-state index is 0.157. The Balaban J connectivity index is 2.08. The van der Waals surface area contributed by atoms with Crippen molar-refractivity contribution in [1.82, 2.24) is 4.90 Å². The van der Waals surface area contributed by atoms with E-state index in [1.807, 2.05) is 6.07 Å². The van der Waals surface area contributed by atoms with E-state index >= 15 is 0 Å². The van der Waals surface area contributed by atoms with Crippen molar-refractivity contribution < 1.29 is 0 Å². The van der Waals surface area contributed by atoms with Crippen LogP contribution in [0.25, 0.3) is 0 Å². The lowest BCUT2D eigenvalue weighted by atomic mass is 9.68. The summed E-state index contributed by atoms with van der Waals surface area (Å²) in [6.07, 6.45) is 3.33. The van der Waals surface area contributed by atoms with Crippen LogP contribution >= 0.6 is 22.9 Å². The first kappa shape index (κ1) is 16.8. The molecule has 0 aliphatic heterocycles. The third-order valence-electron chi connectivity index (χ3n) is 4.81. The molecule has 0 radical (unpaired) electrons. The van der Waals surface area contributed by atoms with Crippen LogP contribution in [-0.4, -0.2) is 18.0 Å². The third kappa shape index (κ3) is 4.22. The van der Waals surface area contributed by atoms with Crippen LogP contribution in [0.4, 0.5) is 0 Å². The molecule has 2 rings (SSSR count). The van der Waals surface area contributed by atoms with Crippen LogP contribution < -0.4 is 0 Å². The second kappa shape index (κ2) is 6.69. The Bertz CT molecular complexity index is 512. The summed E-state index contributed by atoms with van der Waals surface area (Å²) in [5.74, 6) is 0.852. The van der Waals surface area contributed by atoms with Crippen molar-refractivity contribution in [1.29, 1.82) is 5.26 Å². The molecule has 0 N–H and O–H groups in total. The Morgan fingerprint density at radius 1 is 1.38 bits per heavy atom. The molecule has 1 aromatic heterocycles. The summed E-state index contributed by atoms with van der Waals surface area (Å²) >= 11 is 7.65. The zero-order valence-corrected chi connectivity index (χ0v) is 15.0. The van der Waals surface area contributed by atoms with Gasteiger partial charge in [0.2, 0.25) is 0 Å². The van der Waals surface area contributed by atoms with Crippen molar-refractivity contribution in [2.75, 3.05) is 7.05 Å². The largest absolute Gasteiger partial charge is 0.297 e. The number of hydrogen-bond acceptors (Lipinski definition) is 3. The summed E-state index contributed by atoms with van der Waals surface area (Å²) in [6, 6.07) is 6.94. The summed E-state index contributed by atoms with van der Waals surface area (Å²) in [6.45, 7) is 7.85. The molecule has 1 fully saturated rings. The van der Waals surface area contributed by atoms with Gasteiger partial charge in [0.05, 0.1) is 16.3 Å². The molecule has 3 atom stereocenters. The van der Waals surface area contributed by atoms with Crippen LogP contribution in [0.2, 0.25) is 4.34 Å². The zero-order chi connectivity index (χ0) is 15.6. The van der Waals surface area contributed by atoms with E-state index in [0.717, 1.165) is 23.7 Å². The standard InChI is InChI=1S/C17H25ClN2S/c1-17(2,3)13-6-5-12(10-19)15(9-13)20(4)11-14-7-8-16(18)21-14/h7-8,12-13,15H,5-6,9,11H2,1-4H3. The normalized spacial score (nSPS) is 26.8. The number of rotatable bonds is 3. The molecular weight excluding hydrogens is 300 g/mol. The molecule has 1 aliphatic rings. The van der Waals surface area contributed by atoms with E-state index in [0.29, 0.717) is 17.4 Å². The Morgan fingerprint density at radius 3 is 2.62 bits per heavy atom. The van der Waals surface area contributed by atoms with Crippen LogP contribution in [0, 0.1) is 28.6 Å². The molecule has 0 spiro atoms. The summed E-state index contributed by atoms with van der Waals surface area (Å²) in [7, 11) is 2.15. The maximum absolute atomic E-state index is 9.47. The molecule has 3 unspecified atom stereocenters. The highest BCUT2D eigenvalue weighted by molar-refractivity contribution is 7.16. The molecule has 0 aromatic carbocycles. The monoisotopic (exact) mass is 324 g/mol. The van der Waals surface area contributed by atoms with Crippen molar-refractivity contribution in [3.63, 3.8) is 0 Å². The summed E-state index contributed by atoms with van der Waals surface area (Å²) in [5, 5.41) is 9.47. The first-order valence-electron chi connectivity index (χ1n) is 7.65. The highest BCUT2D eigenvalue weighted by atomic mass is 35.5. The van der Waals surface area contributed by atoms with Crippen molar-refractivity contribution >= 4 is 22.9 Å². The Labute approximate surface area is 137 Å². The average Bonchev–Trinajstić information content (AvgIpc) is 2.82. The molecule has 2 nitrogen and oxygen atoms in total. The predicted octanol–water partition coefficient (Wildman–Crippen LogP) is 5.19. The van der Waals surface area contributed by atoms with E-state index in [9.17, 15) is 5.26 Å². The SMILES string of the molecule is CN(Cc1ccc(Cl)s1)C1CC(C(C)(C)C)CCC1C#N. The van der Waals surface area contributed by atoms with Crippen LogP contribution in [0.1, 0.15) is 44.9 Å². The topological polar surface area (TPSA) is 27.0 Å². The van der Waals surface area contributed by atoms with Crippen molar-refractivity contribution in [3.05, 3.63) is 21.3 Å². The summed E-state index contributed by atoms with van der Waals surface area (Å²) < 4.78 is 0.839. The van der Waals surface area contributed by atoms with Gasteiger partial charge in [0.15, 0.2) is 0 Å². The molecule has 1 aromatic rings. The number of nitrogens with zero attached hydrogens (tertiary/aromatic N) is 2. The third-order valence-corrected chi connectivity index (χ3v) is 6.02. The van der Waals surface area contributed by atoms with Gasteiger partial charge in [-0.15, -0.1) is 11.3 Å². The van der Waals surface area contributed by atoms with Gasteiger partial charge in [-0.05, 0) is 49.8 Å². The molecular formula is C17H25ClN2S.